The van der Waals surface area contributed by atoms with Gasteiger partial charge < -0.3 is 15.0 Å². The van der Waals surface area contributed by atoms with Crippen LogP contribution in [0.15, 0.2) is 30.3 Å². The van der Waals surface area contributed by atoms with E-state index in [1.165, 1.54) is 44.1 Å². The number of hydrogen-bond acceptors (Lipinski definition) is 3. The molecule has 1 atom stereocenters. The number of nitrogens with one attached hydrogen (secondary N) is 1. The van der Waals surface area contributed by atoms with Gasteiger partial charge in [-0.2, -0.15) is 0 Å². The van der Waals surface area contributed by atoms with Gasteiger partial charge in [-0.15, -0.1) is 0 Å². The fourth-order valence-corrected chi connectivity index (χ4v) is 7.26. The Kier molecular flexibility index (Phi) is 5.27. The van der Waals surface area contributed by atoms with E-state index in [0.29, 0.717) is 6.61 Å². The minimum Gasteiger partial charge on any atom is -0.464 e. The van der Waals surface area contributed by atoms with Crippen LogP contribution in [0, 0.1) is 17.8 Å². The lowest BCUT2D eigenvalue weighted by molar-refractivity contribution is -0.147. The highest BCUT2D eigenvalue weighted by atomic mass is 32.1. The molecule has 0 amide bonds. The van der Waals surface area contributed by atoms with Crippen LogP contribution in [-0.4, -0.2) is 40.7 Å². The molecule has 6 rings (SSSR count). The van der Waals surface area contributed by atoms with Crippen molar-refractivity contribution in [2.75, 3.05) is 13.2 Å². The summed E-state index contributed by atoms with van der Waals surface area (Å²) in [5.41, 5.74) is 1.39. The second kappa shape index (κ2) is 7.90. The van der Waals surface area contributed by atoms with Crippen molar-refractivity contribution in [3.05, 3.63) is 35.9 Å². The molecule has 0 aromatic heterocycles. The summed E-state index contributed by atoms with van der Waals surface area (Å²) >= 11 is 5.84. The van der Waals surface area contributed by atoms with Gasteiger partial charge in [-0.3, -0.25) is 0 Å². The summed E-state index contributed by atoms with van der Waals surface area (Å²) in [6, 6.07) is 9.96. The predicted molar refractivity (Wildman–Crippen MR) is 117 cm³/mol. The van der Waals surface area contributed by atoms with Gasteiger partial charge in [0.15, 0.2) is 5.11 Å². The second-order valence-electron chi connectivity index (χ2n) is 9.88. The fourth-order valence-electron chi connectivity index (χ4n) is 6.83. The lowest BCUT2D eigenvalue weighted by Crippen LogP contribution is -2.62. The zero-order chi connectivity index (χ0) is 19.8. The molecule has 1 aromatic rings. The summed E-state index contributed by atoms with van der Waals surface area (Å²) in [4.78, 5) is 14.9. The molecule has 0 radical (unpaired) electrons. The number of likely N-dealkylation sites (tertiary alicyclic amines) is 1. The molecular formula is C24H32N2O2S. The number of ether oxygens (including phenoxy) is 1. The summed E-state index contributed by atoms with van der Waals surface area (Å²) in [6.45, 7) is 1.29. The Labute approximate surface area is 179 Å². The van der Waals surface area contributed by atoms with E-state index in [0.717, 1.165) is 48.7 Å². The van der Waals surface area contributed by atoms with Crippen LogP contribution in [0.2, 0.25) is 0 Å². The van der Waals surface area contributed by atoms with Gasteiger partial charge in [0.05, 0.1) is 6.61 Å². The molecule has 4 saturated carbocycles. The Balaban J connectivity index is 1.17. The lowest BCUT2D eigenvalue weighted by Gasteiger charge is -2.57. The van der Waals surface area contributed by atoms with E-state index in [2.05, 4.69) is 22.3 Å². The molecule has 156 valence electrons. The van der Waals surface area contributed by atoms with Gasteiger partial charge in [0.25, 0.3) is 0 Å². The number of benzene rings is 1. The molecule has 29 heavy (non-hydrogen) atoms. The summed E-state index contributed by atoms with van der Waals surface area (Å²) in [5, 5.41) is 4.57. The Bertz CT molecular complexity index is 730. The molecule has 1 heterocycles. The van der Waals surface area contributed by atoms with Crippen molar-refractivity contribution in [2.24, 2.45) is 17.8 Å². The minimum absolute atomic E-state index is 0.118. The Hall–Kier alpha value is -1.62. The van der Waals surface area contributed by atoms with E-state index in [-0.39, 0.29) is 17.6 Å². The van der Waals surface area contributed by atoms with Gasteiger partial charge in [-0.05, 0) is 86.9 Å². The normalized spacial score (nSPS) is 35.0. The third kappa shape index (κ3) is 4.03. The predicted octanol–water partition coefficient (Wildman–Crippen LogP) is 4.08. The van der Waals surface area contributed by atoms with Crippen LogP contribution in [-0.2, 0) is 16.0 Å². The number of thiocarbonyl (C=S) groups is 1. The molecule has 5 aliphatic rings. The highest BCUT2D eigenvalue weighted by molar-refractivity contribution is 7.80. The Morgan fingerprint density at radius 1 is 1.10 bits per heavy atom. The van der Waals surface area contributed by atoms with E-state index < -0.39 is 0 Å². The van der Waals surface area contributed by atoms with E-state index in [1.54, 1.807) is 0 Å². The minimum atomic E-state index is -0.223. The lowest BCUT2D eigenvalue weighted by atomic mass is 9.53. The van der Waals surface area contributed by atoms with Crippen molar-refractivity contribution < 1.29 is 9.53 Å². The fraction of sp³-hybridized carbons (Fsp3) is 0.667. The van der Waals surface area contributed by atoms with Gasteiger partial charge in [-0.1, -0.05) is 30.3 Å². The smallest absolute Gasteiger partial charge is 0.328 e. The van der Waals surface area contributed by atoms with E-state index >= 15 is 0 Å². The number of nitrogens with zero attached hydrogens (tertiary/aromatic N) is 1. The van der Waals surface area contributed by atoms with Crippen LogP contribution in [0.1, 0.15) is 56.9 Å². The van der Waals surface area contributed by atoms with Crippen molar-refractivity contribution in [3.8, 4) is 0 Å². The van der Waals surface area contributed by atoms with Gasteiger partial charge >= 0.3 is 5.97 Å². The maximum atomic E-state index is 12.8. The molecule has 5 fully saturated rings. The molecule has 1 aliphatic heterocycles. The first-order valence-electron chi connectivity index (χ1n) is 11.4. The second-order valence-corrected chi connectivity index (χ2v) is 10.3. The highest BCUT2D eigenvalue weighted by Crippen LogP contribution is 2.55. The average molecular weight is 413 g/mol. The van der Waals surface area contributed by atoms with Crippen LogP contribution in [0.3, 0.4) is 0 Å². The van der Waals surface area contributed by atoms with Crippen LogP contribution in [0.25, 0.3) is 0 Å². The monoisotopic (exact) mass is 412 g/mol. The summed E-state index contributed by atoms with van der Waals surface area (Å²) < 4.78 is 5.64. The van der Waals surface area contributed by atoms with Crippen LogP contribution in [0.5, 0.6) is 0 Å². The summed E-state index contributed by atoms with van der Waals surface area (Å²) in [6.07, 6.45) is 10.7. The van der Waals surface area contributed by atoms with Crippen LogP contribution >= 0.6 is 12.2 Å². The maximum Gasteiger partial charge on any atom is 0.328 e. The van der Waals surface area contributed by atoms with Crippen molar-refractivity contribution in [2.45, 2.75) is 69.4 Å². The van der Waals surface area contributed by atoms with Gasteiger partial charge in [-0.25, -0.2) is 4.79 Å². The van der Waals surface area contributed by atoms with Crippen LogP contribution in [0.4, 0.5) is 0 Å². The molecule has 1 aromatic carbocycles. The topological polar surface area (TPSA) is 41.6 Å². The SMILES string of the molecule is O=C(OCCc1ccccc1)[C@@H]1CCCN1C(=S)NC12CC3CC(CC(C3)C1)C2. The van der Waals surface area contributed by atoms with E-state index in [1.807, 2.05) is 18.2 Å². The largest absolute Gasteiger partial charge is 0.464 e. The summed E-state index contributed by atoms with van der Waals surface area (Å²) in [7, 11) is 0. The molecule has 4 aliphatic carbocycles. The average Bonchev–Trinajstić information content (AvgIpc) is 3.17. The zero-order valence-electron chi connectivity index (χ0n) is 17.1. The molecule has 1 N–H and O–H groups in total. The first-order chi connectivity index (χ1) is 14.1. The van der Waals surface area contributed by atoms with E-state index in [4.69, 9.17) is 17.0 Å². The van der Waals surface area contributed by atoms with Gasteiger partial charge in [0.2, 0.25) is 0 Å². The third-order valence-corrected chi connectivity index (χ3v) is 8.01. The van der Waals surface area contributed by atoms with E-state index in [9.17, 15) is 4.79 Å². The molecule has 4 bridgehead atoms. The number of esters is 1. The Morgan fingerprint density at radius 2 is 1.76 bits per heavy atom. The molecule has 0 unspecified atom stereocenters. The molecular weight excluding hydrogens is 380 g/mol. The van der Waals surface area contributed by atoms with Crippen molar-refractivity contribution in [3.63, 3.8) is 0 Å². The molecule has 0 spiro atoms. The van der Waals surface area contributed by atoms with Crippen molar-refractivity contribution >= 4 is 23.3 Å². The highest BCUT2D eigenvalue weighted by Gasteiger charge is 2.51. The third-order valence-electron chi connectivity index (χ3n) is 7.67. The van der Waals surface area contributed by atoms with Crippen molar-refractivity contribution in [1.82, 2.24) is 10.2 Å². The van der Waals surface area contributed by atoms with Gasteiger partial charge in [0.1, 0.15) is 6.04 Å². The molecule has 4 nitrogen and oxygen atoms in total. The quantitative estimate of drug-likeness (QED) is 0.583. The maximum absolute atomic E-state index is 12.8. The van der Waals surface area contributed by atoms with Gasteiger partial charge in [0, 0.05) is 18.5 Å². The zero-order valence-corrected chi connectivity index (χ0v) is 18.0. The molecule has 5 heteroatoms. The molecule has 1 saturated heterocycles. The number of hydrogen-bond donors (Lipinski definition) is 1. The standard InChI is InChI=1S/C24H32N2O2S/c27-22(28-10-8-17-5-2-1-3-6-17)21-7-4-9-26(21)23(29)25-24-14-18-11-19(15-24)13-20(12-18)16-24/h1-3,5-6,18-21H,4,7-16H2,(H,25,29)/t18?,19?,20?,21-,24?/m0/s1. The summed E-state index contributed by atoms with van der Waals surface area (Å²) in [5.74, 6) is 2.53. The van der Waals surface area contributed by atoms with Crippen molar-refractivity contribution in [1.29, 1.82) is 0 Å². The first kappa shape index (κ1) is 19.3. The number of carbonyl (C=O) groups excluding carboxylic acids is 1. The van der Waals surface area contributed by atoms with Crippen LogP contribution < -0.4 is 5.32 Å². The first-order valence-corrected chi connectivity index (χ1v) is 11.8. The number of carbonyl (C=O) groups is 1. The Morgan fingerprint density at radius 3 is 2.41 bits per heavy atom. The number of rotatable bonds is 5.